The summed E-state index contributed by atoms with van der Waals surface area (Å²) < 4.78 is 0. The molecular formula is C22H48N2. The molecule has 1 N–H and O–H groups in total. The maximum atomic E-state index is 4.32. The number of unbranched alkanes of at least 4 members (excludes halogenated alkanes) is 2. The molecule has 0 saturated heterocycles. The van der Waals surface area contributed by atoms with E-state index < -0.39 is 0 Å². The third-order valence-corrected chi connectivity index (χ3v) is 3.59. The van der Waals surface area contributed by atoms with Crippen molar-refractivity contribution in [3.63, 3.8) is 0 Å². The first-order valence-electron chi connectivity index (χ1n) is 10.6. The summed E-state index contributed by atoms with van der Waals surface area (Å²) in [5.41, 5.74) is 1.59. The van der Waals surface area contributed by atoms with Crippen LogP contribution in [0.5, 0.6) is 0 Å². The Kier molecular flexibility index (Phi) is 31.6. The summed E-state index contributed by atoms with van der Waals surface area (Å²) >= 11 is 0. The molecule has 0 atom stereocenters. The Hall–Kier alpha value is -0.790. The number of nitrogens with zero attached hydrogens (tertiary/aromatic N) is 1. The average molecular weight is 341 g/mol. The molecule has 0 aromatic carbocycles. The first kappa shape index (κ1) is 28.0. The Bertz CT molecular complexity index is 265. The van der Waals surface area contributed by atoms with Crippen molar-refractivity contribution >= 4 is 5.84 Å². The van der Waals surface area contributed by atoms with Crippen molar-refractivity contribution < 1.29 is 0 Å². The first-order valence-corrected chi connectivity index (χ1v) is 10.6. The summed E-state index contributed by atoms with van der Waals surface area (Å²) in [6.07, 6.45) is 13.6. The molecule has 1 aliphatic heterocycles. The topological polar surface area (TPSA) is 24.4 Å². The van der Waals surface area contributed by atoms with Crippen molar-refractivity contribution in [1.82, 2.24) is 5.32 Å². The minimum absolute atomic E-state index is 1.03. The number of amidine groups is 1. The highest BCUT2D eigenvalue weighted by molar-refractivity contribution is 5.82. The van der Waals surface area contributed by atoms with Gasteiger partial charge in [-0.25, -0.2) is 0 Å². The fraction of sp³-hybridized carbons (Fsp3) is 0.864. The average Bonchev–Trinajstić information content (AvgIpc) is 2.64. The van der Waals surface area contributed by atoms with Crippen LogP contribution in [0.3, 0.4) is 0 Å². The monoisotopic (exact) mass is 340 g/mol. The number of hydrogen-bond acceptors (Lipinski definition) is 2. The fourth-order valence-electron chi connectivity index (χ4n) is 2.19. The van der Waals surface area contributed by atoms with Crippen molar-refractivity contribution in [2.75, 3.05) is 13.1 Å². The van der Waals surface area contributed by atoms with E-state index in [1.165, 1.54) is 57.2 Å². The summed E-state index contributed by atoms with van der Waals surface area (Å²) in [5.74, 6) is 1.21. The van der Waals surface area contributed by atoms with E-state index in [2.05, 4.69) is 57.9 Å². The van der Waals surface area contributed by atoms with Gasteiger partial charge in [0.15, 0.2) is 0 Å². The standard InChI is InChI=1S/C8H16.C7H14N2.C5H12.C2H6/c1-4-7-8(5-2)6-3;1-2-4-7-8-5-3-6-9-7;1-3-5-4-2;1-2/h5H,4,6-7H2,1-3H3;2-6H2,1H3,(H,8,9);3-5H2,1-2H3;1-2H3/b8-5-;;;. The molecule has 0 spiro atoms. The lowest BCUT2D eigenvalue weighted by Gasteiger charge is -2.12. The molecule has 1 heterocycles. The molecule has 24 heavy (non-hydrogen) atoms. The van der Waals surface area contributed by atoms with Crippen LogP contribution in [-0.2, 0) is 0 Å². The van der Waals surface area contributed by atoms with Crippen LogP contribution >= 0.6 is 0 Å². The molecule has 1 rings (SSSR count). The molecule has 146 valence electrons. The van der Waals surface area contributed by atoms with Crippen LogP contribution in [0.25, 0.3) is 0 Å². The molecule has 2 heteroatoms. The van der Waals surface area contributed by atoms with E-state index in [4.69, 9.17) is 0 Å². The highest BCUT2D eigenvalue weighted by Gasteiger charge is 2.00. The van der Waals surface area contributed by atoms with Crippen LogP contribution in [0.2, 0.25) is 0 Å². The molecule has 0 bridgehead atoms. The lowest BCUT2D eigenvalue weighted by atomic mass is 10.1. The summed E-state index contributed by atoms with van der Waals surface area (Å²) in [4.78, 5) is 4.32. The van der Waals surface area contributed by atoms with Crippen LogP contribution in [0.4, 0.5) is 0 Å². The second kappa shape index (κ2) is 27.1. The number of rotatable bonds is 7. The molecule has 0 fully saturated rings. The molecule has 0 aromatic heterocycles. The van der Waals surface area contributed by atoms with Crippen molar-refractivity contribution in [3.05, 3.63) is 11.6 Å². The summed E-state index contributed by atoms with van der Waals surface area (Å²) in [6.45, 7) is 19.3. The molecule has 2 nitrogen and oxygen atoms in total. The molecule has 0 aromatic rings. The molecule has 0 radical (unpaired) electrons. The first-order chi connectivity index (χ1) is 11.7. The van der Waals surface area contributed by atoms with E-state index in [1.807, 2.05) is 13.8 Å². The maximum absolute atomic E-state index is 4.32. The normalized spacial score (nSPS) is 13.0. The lowest BCUT2D eigenvalue weighted by Crippen LogP contribution is -2.28. The van der Waals surface area contributed by atoms with E-state index in [0.29, 0.717) is 0 Å². The predicted octanol–water partition coefficient (Wildman–Crippen LogP) is 7.54. The number of hydrogen-bond donors (Lipinski definition) is 1. The van der Waals surface area contributed by atoms with Gasteiger partial charge >= 0.3 is 0 Å². The van der Waals surface area contributed by atoms with Crippen molar-refractivity contribution in [1.29, 1.82) is 0 Å². The Morgan fingerprint density at radius 2 is 1.62 bits per heavy atom. The van der Waals surface area contributed by atoms with Gasteiger partial charge in [0.25, 0.3) is 0 Å². The van der Waals surface area contributed by atoms with Crippen molar-refractivity contribution in [2.24, 2.45) is 4.99 Å². The second-order valence-corrected chi connectivity index (χ2v) is 5.76. The van der Waals surface area contributed by atoms with E-state index >= 15 is 0 Å². The molecule has 0 amide bonds. The Morgan fingerprint density at radius 3 is 1.88 bits per heavy atom. The second-order valence-electron chi connectivity index (χ2n) is 5.76. The minimum Gasteiger partial charge on any atom is -0.374 e. The summed E-state index contributed by atoms with van der Waals surface area (Å²) in [6, 6.07) is 0. The van der Waals surface area contributed by atoms with Gasteiger partial charge in [-0.05, 0) is 32.6 Å². The van der Waals surface area contributed by atoms with Gasteiger partial charge in [0.1, 0.15) is 0 Å². The van der Waals surface area contributed by atoms with Gasteiger partial charge in [-0.1, -0.05) is 85.8 Å². The van der Waals surface area contributed by atoms with Gasteiger partial charge in [0.05, 0.1) is 5.84 Å². The zero-order chi connectivity index (χ0) is 19.1. The quantitative estimate of drug-likeness (QED) is 0.475. The SMILES string of the molecule is C/C=C(/CC)CCC.CC.CCCC1=NCCCN1.CCCCC. The highest BCUT2D eigenvalue weighted by atomic mass is 15.0. The van der Waals surface area contributed by atoms with E-state index in [9.17, 15) is 0 Å². The van der Waals surface area contributed by atoms with Gasteiger partial charge in [0.2, 0.25) is 0 Å². The van der Waals surface area contributed by atoms with Gasteiger partial charge in [-0.2, -0.15) is 0 Å². The van der Waals surface area contributed by atoms with Gasteiger partial charge in [-0.15, -0.1) is 0 Å². The van der Waals surface area contributed by atoms with Gasteiger partial charge < -0.3 is 5.32 Å². The number of allylic oxidation sites excluding steroid dienone is 2. The lowest BCUT2D eigenvalue weighted by molar-refractivity contribution is 0.720. The summed E-state index contributed by atoms with van der Waals surface area (Å²) in [5, 5.41) is 3.27. The van der Waals surface area contributed by atoms with Crippen LogP contribution in [-0.4, -0.2) is 18.9 Å². The van der Waals surface area contributed by atoms with Crippen LogP contribution < -0.4 is 5.32 Å². The summed E-state index contributed by atoms with van der Waals surface area (Å²) in [7, 11) is 0. The molecule has 0 aliphatic carbocycles. The third kappa shape index (κ3) is 23.5. The van der Waals surface area contributed by atoms with E-state index in [0.717, 1.165) is 19.5 Å². The molecular weight excluding hydrogens is 292 g/mol. The van der Waals surface area contributed by atoms with Gasteiger partial charge in [0, 0.05) is 19.5 Å². The Labute approximate surface area is 154 Å². The molecule has 0 unspecified atom stereocenters. The van der Waals surface area contributed by atoms with Crippen molar-refractivity contribution in [3.8, 4) is 0 Å². The predicted molar refractivity (Wildman–Crippen MR) is 115 cm³/mol. The number of aliphatic imine (C=N–C) groups is 1. The van der Waals surface area contributed by atoms with E-state index in [1.54, 1.807) is 5.57 Å². The molecule has 0 saturated carbocycles. The maximum Gasteiger partial charge on any atom is 0.0962 e. The smallest absolute Gasteiger partial charge is 0.0962 e. The number of nitrogens with one attached hydrogen (secondary N) is 1. The van der Waals surface area contributed by atoms with Gasteiger partial charge in [-0.3, -0.25) is 4.99 Å². The fourth-order valence-corrected chi connectivity index (χ4v) is 2.19. The Morgan fingerprint density at radius 1 is 1.00 bits per heavy atom. The molecule has 1 aliphatic rings. The zero-order valence-corrected chi connectivity index (χ0v) is 18.3. The largest absolute Gasteiger partial charge is 0.374 e. The third-order valence-electron chi connectivity index (χ3n) is 3.59. The van der Waals surface area contributed by atoms with E-state index in [-0.39, 0.29) is 0 Å². The Balaban J connectivity index is -0.000000272. The highest BCUT2D eigenvalue weighted by Crippen LogP contribution is 2.07. The minimum atomic E-state index is 1.03. The van der Waals surface area contributed by atoms with Crippen LogP contribution in [0, 0.1) is 0 Å². The zero-order valence-electron chi connectivity index (χ0n) is 18.3. The van der Waals surface area contributed by atoms with Crippen LogP contribution in [0.1, 0.15) is 113 Å². The van der Waals surface area contributed by atoms with Crippen LogP contribution in [0.15, 0.2) is 16.6 Å². The van der Waals surface area contributed by atoms with Crippen molar-refractivity contribution in [2.45, 2.75) is 113 Å².